The molecule has 0 bridgehead atoms. The minimum Gasteiger partial charge on any atom is -0.383 e. The molecule has 142 valence electrons. The van der Waals surface area contributed by atoms with Crippen LogP contribution in [0.1, 0.15) is 45.2 Å². The molecule has 1 N–H and O–H groups in total. The van der Waals surface area contributed by atoms with Crippen molar-refractivity contribution in [2.75, 3.05) is 31.7 Å². The van der Waals surface area contributed by atoms with E-state index in [2.05, 4.69) is 16.4 Å². The van der Waals surface area contributed by atoms with Gasteiger partial charge in [0.05, 0.1) is 12.3 Å². The van der Waals surface area contributed by atoms with Crippen LogP contribution in [0.3, 0.4) is 0 Å². The summed E-state index contributed by atoms with van der Waals surface area (Å²) in [4.78, 5) is 32.1. The number of hydrogen-bond acceptors (Lipinski definition) is 4. The summed E-state index contributed by atoms with van der Waals surface area (Å²) in [6, 6.07) is 7.96. The number of aromatic nitrogens is 2. The minimum absolute atomic E-state index is 0.126. The lowest BCUT2D eigenvalue weighted by Crippen LogP contribution is -2.32. The molecule has 3 heterocycles. The zero-order valence-electron chi connectivity index (χ0n) is 15.5. The maximum Gasteiger partial charge on any atom is 0.294 e. The van der Waals surface area contributed by atoms with Crippen molar-refractivity contribution in [3.05, 3.63) is 47.0 Å². The number of benzene rings is 1. The highest BCUT2D eigenvalue weighted by atomic mass is 16.5. The molecular formula is C20H24N4O3. The number of carbonyl (C=O) groups excluding carboxylic acids is 2. The van der Waals surface area contributed by atoms with E-state index in [1.807, 2.05) is 22.8 Å². The van der Waals surface area contributed by atoms with Crippen LogP contribution in [0.25, 0.3) is 0 Å². The second-order valence-corrected chi connectivity index (χ2v) is 6.92. The predicted molar refractivity (Wildman–Crippen MR) is 101 cm³/mol. The van der Waals surface area contributed by atoms with Crippen LogP contribution in [0.15, 0.2) is 24.3 Å². The Morgan fingerprint density at radius 2 is 2.04 bits per heavy atom. The van der Waals surface area contributed by atoms with Crippen molar-refractivity contribution < 1.29 is 14.3 Å². The van der Waals surface area contributed by atoms with Crippen LogP contribution in [0.2, 0.25) is 0 Å². The van der Waals surface area contributed by atoms with E-state index in [1.54, 1.807) is 12.0 Å². The predicted octanol–water partition coefficient (Wildman–Crippen LogP) is 1.80. The number of hydrogen-bond donors (Lipinski definition) is 1. The Kier molecular flexibility index (Phi) is 4.94. The van der Waals surface area contributed by atoms with Gasteiger partial charge in [-0.3, -0.25) is 9.59 Å². The van der Waals surface area contributed by atoms with E-state index in [0.717, 1.165) is 43.6 Å². The number of rotatable bonds is 5. The summed E-state index contributed by atoms with van der Waals surface area (Å²) < 4.78 is 6.93. The molecule has 0 aliphatic carbocycles. The summed E-state index contributed by atoms with van der Waals surface area (Å²) in [6.45, 7) is 2.24. The summed E-state index contributed by atoms with van der Waals surface area (Å²) in [5.74, 6) is 0.0101. The molecule has 1 aromatic heterocycles. The fourth-order valence-electron chi connectivity index (χ4n) is 3.91. The number of para-hydroxylation sites is 1. The maximum absolute atomic E-state index is 13.3. The van der Waals surface area contributed by atoms with Crippen LogP contribution in [-0.2, 0) is 24.1 Å². The van der Waals surface area contributed by atoms with Crippen molar-refractivity contribution >= 4 is 17.5 Å². The van der Waals surface area contributed by atoms with Crippen LogP contribution in [0.5, 0.6) is 0 Å². The second-order valence-electron chi connectivity index (χ2n) is 6.92. The van der Waals surface area contributed by atoms with Gasteiger partial charge in [0, 0.05) is 32.4 Å². The summed E-state index contributed by atoms with van der Waals surface area (Å²) in [5, 5.41) is 2.82. The average Bonchev–Trinajstić information content (AvgIpc) is 3.30. The van der Waals surface area contributed by atoms with Gasteiger partial charge in [0.25, 0.3) is 11.8 Å². The molecule has 27 heavy (non-hydrogen) atoms. The fraction of sp³-hybridized carbons (Fsp3) is 0.450. The average molecular weight is 368 g/mol. The molecule has 1 aromatic carbocycles. The van der Waals surface area contributed by atoms with Gasteiger partial charge in [-0.15, -0.1) is 0 Å². The highest BCUT2D eigenvalue weighted by Crippen LogP contribution is 2.30. The van der Waals surface area contributed by atoms with Crippen molar-refractivity contribution in [3.63, 3.8) is 0 Å². The first-order valence-electron chi connectivity index (χ1n) is 9.47. The molecule has 2 aliphatic heterocycles. The Balaban J connectivity index is 1.65. The topological polar surface area (TPSA) is 76.5 Å². The number of methoxy groups -OCH3 is 1. The molecule has 0 unspecified atom stereocenters. The van der Waals surface area contributed by atoms with Crippen LogP contribution in [0, 0.1) is 0 Å². The van der Waals surface area contributed by atoms with Crippen LogP contribution < -0.4 is 10.2 Å². The van der Waals surface area contributed by atoms with E-state index in [4.69, 9.17) is 4.74 Å². The van der Waals surface area contributed by atoms with E-state index in [-0.39, 0.29) is 11.8 Å². The molecule has 0 fully saturated rings. The zero-order chi connectivity index (χ0) is 18.8. The molecule has 0 spiro atoms. The number of fused-ring (bicyclic) bond motifs is 2. The Bertz CT molecular complexity index is 874. The SMILES string of the molecule is COCCNC(=O)c1nc(C(=O)N2CCc3ccccc32)n2c1CCCC2. The highest BCUT2D eigenvalue weighted by molar-refractivity contribution is 6.06. The molecule has 7 heteroatoms. The third-order valence-corrected chi connectivity index (χ3v) is 5.25. The number of ether oxygens (including phenoxy) is 1. The summed E-state index contributed by atoms with van der Waals surface area (Å²) in [7, 11) is 1.59. The third kappa shape index (κ3) is 3.23. The molecule has 0 saturated carbocycles. The molecular weight excluding hydrogens is 344 g/mol. The molecule has 2 aromatic rings. The number of imidazole rings is 1. The van der Waals surface area contributed by atoms with Gasteiger partial charge in [-0.05, 0) is 37.3 Å². The molecule has 0 atom stereocenters. The Morgan fingerprint density at radius 1 is 1.19 bits per heavy atom. The van der Waals surface area contributed by atoms with Gasteiger partial charge in [0.1, 0.15) is 5.69 Å². The quantitative estimate of drug-likeness (QED) is 0.817. The van der Waals surface area contributed by atoms with Crippen molar-refractivity contribution in [2.45, 2.75) is 32.2 Å². The first-order chi connectivity index (χ1) is 13.2. The van der Waals surface area contributed by atoms with Crippen molar-refractivity contribution in [1.82, 2.24) is 14.9 Å². The van der Waals surface area contributed by atoms with E-state index < -0.39 is 0 Å². The van der Waals surface area contributed by atoms with Gasteiger partial charge in [-0.1, -0.05) is 18.2 Å². The third-order valence-electron chi connectivity index (χ3n) is 5.25. The fourth-order valence-corrected chi connectivity index (χ4v) is 3.91. The van der Waals surface area contributed by atoms with Crippen molar-refractivity contribution in [3.8, 4) is 0 Å². The lowest BCUT2D eigenvalue weighted by Gasteiger charge is -2.20. The Morgan fingerprint density at radius 3 is 2.89 bits per heavy atom. The largest absolute Gasteiger partial charge is 0.383 e. The number of nitrogens with one attached hydrogen (secondary N) is 1. The number of anilines is 1. The Hall–Kier alpha value is -2.67. The molecule has 0 radical (unpaired) electrons. The van der Waals surface area contributed by atoms with Gasteiger partial charge in [-0.2, -0.15) is 0 Å². The van der Waals surface area contributed by atoms with Crippen molar-refractivity contribution in [1.29, 1.82) is 0 Å². The zero-order valence-corrected chi connectivity index (χ0v) is 15.5. The van der Waals surface area contributed by atoms with Crippen molar-refractivity contribution in [2.24, 2.45) is 0 Å². The van der Waals surface area contributed by atoms with Crippen LogP contribution >= 0.6 is 0 Å². The molecule has 2 aliphatic rings. The summed E-state index contributed by atoms with van der Waals surface area (Å²) >= 11 is 0. The van der Waals surface area contributed by atoms with E-state index in [0.29, 0.717) is 31.2 Å². The van der Waals surface area contributed by atoms with Gasteiger partial charge in [0.15, 0.2) is 0 Å². The lowest BCUT2D eigenvalue weighted by atomic mass is 10.1. The molecule has 2 amide bonds. The lowest BCUT2D eigenvalue weighted by molar-refractivity contribution is 0.0931. The number of amides is 2. The van der Waals surface area contributed by atoms with E-state index >= 15 is 0 Å². The standard InChI is InChI=1S/C20H24N4O3/c1-27-13-10-21-19(25)17-16-8-4-5-11-23(16)18(22-17)20(26)24-12-9-14-6-2-3-7-15(14)24/h2-3,6-7H,4-5,8-13H2,1H3,(H,21,25). The maximum atomic E-state index is 13.3. The second kappa shape index (κ2) is 7.52. The highest BCUT2D eigenvalue weighted by Gasteiger charge is 2.32. The van der Waals surface area contributed by atoms with Gasteiger partial charge < -0.3 is 19.5 Å². The van der Waals surface area contributed by atoms with E-state index in [9.17, 15) is 9.59 Å². The smallest absolute Gasteiger partial charge is 0.294 e. The van der Waals surface area contributed by atoms with Crippen LogP contribution in [0.4, 0.5) is 5.69 Å². The van der Waals surface area contributed by atoms with Gasteiger partial charge in [-0.25, -0.2) is 4.98 Å². The first kappa shape index (κ1) is 17.7. The number of carbonyl (C=O) groups is 2. The summed E-state index contributed by atoms with van der Waals surface area (Å²) in [6.07, 6.45) is 3.61. The van der Waals surface area contributed by atoms with E-state index in [1.165, 1.54) is 5.56 Å². The molecule has 4 rings (SSSR count). The molecule has 7 nitrogen and oxygen atoms in total. The van der Waals surface area contributed by atoms with Gasteiger partial charge in [0.2, 0.25) is 5.82 Å². The Labute approximate surface area is 158 Å². The van der Waals surface area contributed by atoms with Gasteiger partial charge >= 0.3 is 0 Å². The molecule has 0 saturated heterocycles. The monoisotopic (exact) mass is 368 g/mol. The summed E-state index contributed by atoms with van der Waals surface area (Å²) in [5.41, 5.74) is 3.36. The number of nitrogens with zero attached hydrogens (tertiary/aromatic N) is 3. The van der Waals surface area contributed by atoms with Crippen LogP contribution in [-0.4, -0.2) is 48.2 Å². The minimum atomic E-state index is -0.237. The normalized spacial score (nSPS) is 15.4. The first-order valence-corrected chi connectivity index (χ1v) is 9.47.